The fraction of sp³-hybridized carbons (Fsp3) is 0.111. The summed E-state index contributed by atoms with van der Waals surface area (Å²) in [5.41, 5.74) is 5.33. The first-order valence-corrected chi connectivity index (χ1v) is 3.33. The molecule has 0 bridgehead atoms. The van der Waals surface area contributed by atoms with Crippen molar-refractivity contribution in [2.24, 2.45) is 0 Å². The van der Waals surface area contributed by atoms with E-state index in [4.69, 9.17) is 0 Å². The van der Waals surface area contributed by atoms with Crippen LogP contribution in [0.2, 0.25) is 0 Å². The number of hydrogen-bond acceptors (Lipinski definition) is 1. The second kappa shape index (κ2) is 3.78. The number of hydroxylamine groups is 1. The molecule has 0 saturated heterocycles. The third kappa shape index (κ3) is 2.09. The molecule has 0 amide bonds. The average molecular weight is 148 g/mol. The van der Waals surface area contributed by atoms with Crippen LogP contribution >= 0.6 is 0 Å². The molecule has 0 radical (unpaired) electrons. The van der Waals surface area contributed by atoms with Gasteiger partial charge in [-0.25, -0.2) is 0 Å². The lowest BCUT2D eigenvalue weighted by atomic mass is 10.2. The minimum atomic E-state index is 0.646. The van der Waals surface area contributed by atoms with E-state index in [1.165, 1.54) is 7.11 Å². The van der Waals surface area contributed by atoms with Crippen LogP contribution in [0.15, 0.2) is 36.9 Å². The summed E-state index contributed by atoms with van der Waals surface area (Å²) in [5.74, 6) is 0. The van der Waals surface area contributed by atoms with Gasteiger partial charge in [0.1, 0.15) is 0 Å². The molecule has 0 unspecified atom stereocenters. The Morgan fingerprint density at radius 1 is 1.36 bits per heavy atom. The molecule has 0 fully saturated rings. The lowest BCUT2D eigenvalue weighted by Crippen LogP contribution is -1.81. The fourth-order valence-corrected chi connectivity index (χ4v) is 0.793. The zero-order chi connectivity index (χ0) is 8.10. The first-order chi connectivity index (χ1) is 5.34. The van der Waals surface area contributed by atoms with Crippen molar-refractivity contribution in [3.63, 3.8) is 0 Å². The molecule has 1 aromatic carbocycles. The van der Waals surface area contributed by atoms with Crippen LogP contribution < -0.4 is 0 Å². The largest absolute Gasteiger partial charge is 0.562 e. The van der Waals surface area contributed by atoms with E-state index < -0.39 is 0 Å². The molecule has 2 heteroatoms. The molecule has 0 aliphatic carbocycles. The SMILES string of the molecule is C=C([N-]OC)c1ccccc1. The Morgan fingerprint density at radius 2 is 2.00 bits per heavy atom. The van der Waals surface area contributed by atoms with Crippen LogP contribution in [0.5, 0.6) is 0 Å². The van der Waals surface area contributed by atoms with E-state index in [0.29, 0.717) is 5.70 Å². The third-order valence-electron chi connectivity index (χ3n) is 1.31. The summed E-state index contributed by atoms with van der Waals surface area (Å²) < 4.78 is 0. The molecule has 11 heavy (non-hydrogen) atoms. The second-order valence-corrected chi connectivity index (χ2v) is 2.09. The van der Waals surface area contributed by atoms with Gasteiger partial charge < -0.3 is 10.3 Å². The standard InChI is InChI=1S/C9H10NO/c1-8(10-11-2)9-6-4-3-5-7-9/h3-7H,1H2,2H3/q-1. The van der Waals surface area contributed by atoms with Gasteiger partial charge in [-0.05, 0) is 5.56 Å². The zero-order valence-electron chi connectivity index (χ0n) is 6.45. The van der Waals surface area contributed by atoms with Crippen LogP contribution in [0, 0.1) is 0 Å². The van der Waals surface area contributed by atoms with Crippen molar-refractivity contribution in [2.75, 3.05) is 7.11 Å². The number of nitrogens with zero attached hydrogens (tertiary/aromatic N) is 1. The minimum Gasteiger partial charge on any atom is -0.562 e. The van der Waals surface area contributed by atoms with Gasteiger partial charge in [0.25, 0.3) is 0 Å². The first-order valence-electron chi connectivity index (χ1n) is 3.33. The molecule has 0 aliphatic heterocycles. The number of benzene rings is 1. The van der Waals surface area contributed by atoms with Crippen molar-refractivity contribution in [1.82, 2.24) is 0 Å². The highest BCUT2D eigenvalue weighted by atomic mass is 16.6. The van der Waals surface area contributed by atoms with Gasteiger partial charge in [-0.1, -0.05) is 30.3 Å². The Balaban J connectivity index is 2.69. The maximum absolute atomic E-state index is 4.58. The van der Waals surface area contributed by atoms with Gasteiger partial charge in [-0.3, -0.25) is 0 Å². The zero-order valence-corrected chi connectivity index (χ0v) is 6.45. The van der Waals surface area contributed by atoms with Gasteiger partial charge in [0.2, 0.25) is 0 Å². The molecule has 0 heterocycles. The van der Waals surface area contributed by atoms with E-state index in [1.54, 1.807) is 0 Å². The van der Waals surface area contributed by atoms with Crippen molar-refractivity contribution in [1.29, 1.82) is 0 Å². The van der Waals surface area contributed by atoms with Gasteiger partial charge in [0.05, 0.1) is 0 Å². The van der Waals surface area contributed by atoms with Crippen LogP contribution in [0.3, 0.4) is 0 Å². The predicted molar refractivity (Wildman–Crippen MR) is 45.8 cm³/mol. The summed E-state index contributed by atoms with van der Waals surface area (Å²) in [5, 5.41) is 0. The Bertz CT molecular complexity index is 231. The third-order valence-corrected chi connectivity index (χ3v) is 1.31. The highest BCUT2D eigenvalue weighted by Gasteiger charge is 1.84. The molecule has 0 spiro atoms. The van der Waals surface area contributed by atoms with Crippen LogP contribution in [-0.2, 0) is 4.84 Å². The molecular weight excluding hydrogens is 138 g/mol. The lowest BCUT2D eigenvalue weighted by Gasteiger charge is -2.21. The van der Waals surface area contributed by atoms with Gasteiger partial charge in [0.15, 0.2) is 0 Å². The maximum atomic E-state index is 4.58. The Labute approximate surface area is 66.5 Å². The highest BCUT2D eigenvalue weighted by Crippen LogP contribution is 2.16. The molecule has 2 nitrogen and oxygen atoms in total. The Kier molecular flexibility index (Phi) is 2.69. The summed E-state index contributed by atoms with van der Waals surface area (Å²) in [4.78, 5) is 4.58. The van der Waals surface area contributed by atoms with E-state index in [-0.39, 0.29) is 0 Å². The van der Waals surface area contributed by atoms with Gasteiger partial charge in [0, 0.05) is 7.11 Å². The Morgan fingerprint density at radius 3 is 2.55 bits per heavy atom. The second-order valence-electron chi connectivity index (χ2n) is 2.09. The minimum absolute atomic E-state index is 0.646. The van der Waals surface area contributed by atoms with E-state index in [0.717, 1.165) is 5.56 Å². The maximum Gasteiger partial charge on any atom is 0.0185 e. The fourth-order valence-electron chi connectivity index (χ4n) is 0.793. The summed E-state index contributed by atoms with van der Waals surface area (Å²) in [6.07, 6.45) is 0. The molecule has 0 atom stereocenters. The molecule has 0 N–H and O–H groups in total. The van der Waals surface area contributed by atoms with Crippen molar-refractivity contribution in [3.05, 3.63) is 48.0 Å². The monoisotopic (exact) mass is 148 g/mol. The van der Waals surface area contributed by atoms with Crippen LogP contribution in [0.1, 0.15) is 5.56 Å². The van der Waals surface area contributed by atoms with Crippen LogP contribution in [-0.4, -0.2) is 7.11 Å². The summed E-state index contributed by atoms with van der Waals surface area (Å²) in [6, 6.07) is 9.69. The van der Waals surface area contributed by atoms with E-state index in [9.17, 15) is 0 Å². The topological polar surface area (TPSA) is 23.3 Å². The van der Waals surface area contributed by atoms with E-state index in [2.05, 4.69) is 16.9 Å². The molecular formula is C9H10NO-. The van der Waals surface area contributed by atoms with Crippen molar-refractivity contribution in [3.8, 4) is 0 Å². The molecule has 58 valence electrons. The summed E-state index contributed by atoms with van der Waals surface area (Å²) in [6.45, 7) is 3.72. The molecule has 1 aromatic rings. The highest BCUT2D eigenvalue weighted by molar-refractivity contribution is 5.69. The van der Waals surface area contributed by atoms with Crippen molar-refractivity contribution >= 4 is 5.70 Å². The molecule has 0 saturated carbocycles. The quantitative estimate of drug-likeness (QED) is 0.604. The van der Waals surface area contributed by atoms with Gasteiger partial charge in [-0.2, -0.15) is 0 Å². The molecule has 0 aliphatic rings. The number of hydrogen-bond donors (Lipinski definition) is 0. The smallest absolute Gasteiger partial charge is 0.0185 e. The normalized spacial score (nSPS) is 9.18. The van der Waals surface area contributed by atoms with E-state index >= 15 is 0 Å². The van der Waals surface area contributed by atoms with Gasteiger partial charge >= 0.3 is 0 Å². The number of rotatable bonds is 3. The first kappa shape index (κ1) is 7.82. The summed E-state index contributed by atoms with van der Waals surface area (Å²) in [7, 11) is 1.51. The lowest BCUT2D eigenvalue weighted by molar-refractivity contribution is 0.313. The Hall–Kier alpha value is -1.28. The average Bonchev–Trinajstić information content (AvgIpc) is 2.07. The van der Waals surface area contributed by atoms with E-state index in [1.807, 2.05) is 30.3 Å². The van der Waals surface area contributed by atoms with Crippen LogP contribution in [0.4, 0.5) is 0 Å². The predicted octanol–water partition coefficient (Wildman–Crippen LogP) is 2.59. The van der Waals surface area contributed by atoms with Crippen molar-refractivity contribution < 1.29 is 4.84 Å². The van der Waals surface area contributed by atoms with Crippen molar-refractivity contribution in [2.45, 2.75) is 0 Å². The molecule has 1 rings (SSSR count). The van der Waals surface area contributed by atoms with Crippen LogP contribution in [0.25, 0.3) is 11.2 Å². The van der Waals surface area contributed by atoms with Gasteiger partial charge in [-0.15, -0.1) is 12.3 Å². The molecule has 0 aromatic heterocycles. The summed E-state index contributed by atoms with van der Waals surface area (Å²) >= 11 is 0.